The van der Waals surface area contributed by atoms with Crippen LogP contribution in [-0.2, 0) is 16.4 Å². The zero-order valence-electron chi connectivity index (χ0n) is 21.8. The summed E-state index contributed by atoms with van der Waals surface area (Å²) in [6.07, 6.45) is 1.05. The summed E-state index contributed by atoms with van der Waals surface area (Å²) >= 11 is 0. The Morgan fingerprint density at radius 1 is 0.923 bits per heavy atom. The maximum absolute atomic E-state index is 13.0. The zero-order valence-corrected chi connectivity index (χ0v) is 22.6. The van der Waals surface area contributed by atoms with E-state index in [0.717, 1.165) is 24.5 Å². The monoisotopic (exact) mass is 558 g/mol. The third-order valence-electron chi connectivity index (χ3n) is 6.02. The molecule has 0 aliphatic rings. The highest BCUT2D eigenvalue weighted by Gasteiger charge is 2.34. The Hall–Kier alpha value is -3.74. The number of nitrogens with zero attached hydrogens (tertiary/aromatic N) is 1. The number of nitrogens with one attached hydrogen (secondary N) is 3. The lowest BCUT2D eigenvalue weighted by molar-refractivity contribution is -0.0238. The SMILES string of the molecule is CCCCC(NC(=O)c1ccccc1)C(O)C(O)C(Cc1ccccc1)NC(=O)c1coc(NS(C)(=O)=O)n1. The number of amides is 2. The minimum Gasteiger partial charge on any atom is -0.431 e. The molecular formula is C27H34N4O7S. The fourth-order valence-electron chi connectivity index (χ4n) is 4.02. The van der Waals surface area contributed by atoms with Gasteiger partial charge in [-0.15, -0.1) is 0 Å². The quantitative estimate of drug-likeness (QED) is 0.200. The van der Waals surface area contributed by atoms with Gasteiger partial charge in [0.25, 0.3) is 11.8 Å². The van der Waals surface area contributed by atoms with Crippen LogP contribution in [0.25, 0.3) is 0 Å². The molecule has 4 atom stereocenters. The second kappa shape index (κ2) is 13.9. The lowest BCUT2D eigenvalue weighted by Gasteiger charge is -2.33. The number of benzene rings is 2. The van der Waals surface area contributed by atoms with E-state index in [0.29, 0.717) is 18.4 Å². The third-order valence-corrected chi connectivity index (χ3v) is 6.57. The van der Waals surface area contributed by atoms with Gasteiger partial charge in [-0.05, 0) is 30.5 Å². The highest BCUT2D eigenvalue weighted by atomic mass is 32.2. The summed E-state index contributed by atoms with van der Waals surface area (Å²) in [5.41, 5.74) is 0.979. The van der Waals surface area contributed by atoms with E-state index in [9.17, 15) is 28.2 Å². The number of carbonyl (C=O) groups excluding carboxylic acids is 2. The van der Waals surface area contributed by atoms with Crippen molar-refractivity contribution in [1.29, 1.82) is 0 Å². The number of hydrogen-bond donors (Lipinski definition) is 5. The van der Waals surface area contributed by atoms with Crippen LogP contribution in [0.1, 0.15) is 52.6 Å². The first-order chi connectivity index (χ1) is 18.6. The number of sulfonamides is 1. The van der Waals surface area contributed by atoms with E-state index in [2.05, 4.69) is 15.6 Å². The molecule has 2 amide bonds. The normalized spacial score (nSPS) is 14.6. The highest BCUT2D eigenvalue weighted by molar-refractivity contribution is 7.91. The summed E-state index contributed by atoms with van der Waals surface area (Å²) in [7, 11) is -3.67. The van der Waals surface area contributed by atoms with Crippen molar-refractivity contribution in [2.45, 2.75) is 56.9 Å². The van der Waals surface area contributed by atoms with Gasteiger partial charge < -0.3 is 25.3 Å². The molecule has 0 saturated heterocycles. The van der Waals surface area contributed by atoms with Gasteiger partial charge in [0.15, 0.2) is 5.69 Å². The number of aromatic nitrogens is 1. The van der Waals surface area contributed by atoms with Crippen molar-refractivity contribution < 1.29 is 32.6 Å². The fourth-order valence-corrected chi connectivity index (χ4v) is 4.43. The van der Waals surface area contributed by atoms with Crippen LogP contribution in [0.3, 0.4) is 0 Å². The second-order valence-electron chi connectivity index (χ2n) is 9.25. The largest absolute Gasteiger partial charge is 0.431 e. The van der Waals surface area contributed by atoms with Gasteiger partial charge in [-0.25, -0.2) is 13.1 Å². The van der Waals surface area contributed by atoms with E-state index in [1.807, 2.05) is 42.0 Å². The molecule has 4 unspecified atom stereocenters. The van der Waals surface area contributed by atoms with Crippen molar-refractivity contribution in [3.8, 4) is 0 Å². The van der Waals surface area contributed by atoms with Crippen molar-refractivity contribution in [2.24, 2.45) is 0 Å². The molecule has 3 aromatic rings. The predicted molar refractivity (Wildman–Crippen MR) is 146 cm³/mol. The van der Waals surface area contributed by atoms with Gasteiger partial charge in [0.05, 0.1) is 18.3 Å². The van der Waals surface area contributed by atoms with Gasteiger partial charge in [0, 0.05) is 5.56 Å². The molecule has 0 radical (unpaired) electrons. The topological polar surface area (TPSA) is 171 Å². The minimum absolute atomic E-state index is 0.157. The molecule has 0 aliphatic heterocycles. The van der Waals surface area contributed by atoms with Crippen molar-refractivity contribution in [3.63, 3.8) is 0 Å². The molecule has 12 heteroatoms. The average Bonchev–Trinajstić information content (AvgIpc) is 3.37. The molecule has 2 aromatic carbocycles. The van der Waals surface area contributed by atoms with Crippen molar-refractivity contribution >= 4 is 27.9 Å². The first kappa shape index (κ1) is 29.8. The maximum atomic E-state index is 13.0. The van der Waals surface area contributed by atoms with E-state index in [4.69, 9.17) is 4.42 Å². The number of carbonyl (C=O) groups is 2. The molecule has 0 fully saturated rings. The number of hydrogen-bond acceptors (Lipinski definition) is 8. The molecule has 0 aliphatic carbocycles. The van der Waals surface area contributed by atoms with Gasteiger partial charge in [-0.2, -0.15) is 4.98 Å². The van der Waals surface area contributed by atoms with Crippen LogP contribution < -0.4 is 15.4 Å². The molecule has 11 nitrogen and oxygen atoms in total. The summed E-state index contributed by atoms with van der Waals surface area (Å²) in [6.45, 7) is 1.97. The van der Waals surface area contributed by atoms with E-state index < -0.39 is 40.2 Å². The number of aliphatic hydroxyl groups is 2. The molecule has 5 N–H and O–H groups in total. The number of rotatable bonds is 14. The zero-order chi connectivity index (χ0) is 28.4. The van der Waals surface area contributed by atoms with Crippen LogP contribution in [0.4, 0.5) is 6.01 Å². The van der Waals surface area contributed by atoms with Crippen molar-refractivity contribution in [3.05, 3.63) is 83.7 Å². The van der Waals surface area contributed by atoms with Gasteiger partial charge in [0.2, 0.25) is 10.0 Å². The van der Waals surface area contributed by atoms with E-state index in [1.54, 1.807) is 30.3 Å². The number of aliphatic hydroxyl groups excluding tert-OH is 2. The van der Waals surface area contributed by atoms with Crippen LogP contribution in [0.15, 0.2) is 71.3 Å². The van der Waals surface area contributed by atoms with Gasteiger partial charge in [-0.3, -0.25) is 9.59 Å². The first-order valence-corrected chi connectivity index (χ1v) is 14.5. The smallest absolute Gasteiger partial charge is 0.309 e. The first-order valence-electron chi connectivity index (χ1n) is 12.6. The van der Waals surface area contributed by atoms with Gasteiger partial charge in [0.1, 0.15) is 18.5 Å². The van der Waals surface area contributed by atoms with Crippen molar-refractivity contribution in [1.82, 2.24) is 15.6 Å². The molecule has 210 valence electrons. The molecule has 0 bridgehead atoms. The molecular weight excluding hydrogens is 524 g/mol. The Bertz CT molecular complexity index is 1320. The molecule has 0 saturated carbocycles. The van der Waals surface area contributed by atoms with Crippen LogP contribution in [0.2, 0.25) is 0 Å². The summed E-state index contributed by atoms with van der Waals surface area (Å²) in [5.74, 6) is -1.13. The van der Waals surface area contributed by atoms with Crippen LogP contribution in [-0.4, -0.2) is 66.0 Å². The predicted octanol–water partition coefficient (Wildman–Crippen LogP) is 2.10. The van der Waals surface area contributed by atoms with Gasteiger partial charge >= 0.3 is 6.01 Å². The maximum Gasteiger partial charge on any atom is 0.309 e. The Kier molecular flexibility index (Phi) is 10.6. The molecule has 39 heavy (non-hydrogen) atoms. The summed E-state index contributed by atoms with van der Waals surface area (Å²) in [4.78, 5) is 29.7. The Balaban J connectivity index is 1.81. The van der Waals surface area contributed by atoms with Crippen LogP contribution in [0, 0.1) is 0 Å². The Morgan fingerprint density at radius 2 is 1.51 bits per heavy atom. The summed E-state index contributed by atoms with van der Waals surface area (Å²) < 4.78 is 29.9. The standard InChI is InChI=1S/C27H34N4O7S/c1-3-4-15-20(28-25(34)19-13-9-6-10-14-19)23(32)24(33)21(16-18-11-7-5-8-12-18)29-26(35)22-17-38-27(30-22)31-39(2,36)37/h5-14,17,20-21,23-24,32-33H,3-4,15-16H2,1-2H3,(H,28,34)(H,29,35)(H,30,31). The number of unbranched alkanes of at least 4 members (excludes halogenated alkanes) is 1. The van der Waals surface area contributed by atoms with Crippen molar-refractivity contribution in [2.75, 3.05) is 11.0 Å². The molecule has 1 aromatic heterocycles. The van der Waals surface area contributed by atoms with E-state index in [-0.39, 0.29) is 24.0 Å². The highest BCUT2D eigenvalue weighted by Crippen LogP contribution is 2.17. The number of oxazole rings is 1. The molecule has 1 heterocycles. The lowest BCUT2D eigenvalue weighted by Crippen LogP contribution is -2.56. The Morgan fingerprint density at radius 3 is 2.13 bits per heavy atom. The fraction of sp³-hybridized carbons (Fsp3) is 0.370. The van der Waals surface area contributed by atoms with Crippen LogP contribution in [0.5, 0.6) is 0 Å². The third kappa shape index (κ3) is 9.20. The van der Waals surface area contributed by atoms with Crippen LogP contribution >= 0.6 is 0 Å². The van der Waals surface area contributed by atoms with E-state index >= 15 is 0 Å². The summed E-state index contributed by atoms with van der Waals surface area (Å²) in [6, 6.07) is 15.5. The summed E-state index contributed by atoms with van der Waals surface area (Å²) in [5, 5.41) is 28.0. The minimum atomic E-state index is -3.67. The number of anilines is 1. The Labute approximate surface area is 227 Å². The average molecular weight is 559 g/mol. The molecule has 0 spiro atoms. The molecule has 3 rings (SSSR count). The second-order valence-corrected chi connectivity index (χ2v) is 11.0. The lowest BCUT2D eigenvalue weighted by atomic mass is 9.91. The van der Waals surface area contributed by atoms with E-state index in [1.165, 1.54) is 0 Å². The van der Waals surface area contributed by atoms with Gasteiger partial charge in [-0.1, -0.05) is 68.3 Å².